The first kappa shape index (κ1) is 13.4. The fourth-order valence-corrected chi connectivity index (χ4v) is 2.48. The summed E-state index contributed by atoms with van der Waals surface area (Å²) in [6.45, 7) is 6.06. The summed E-state index contributed by atoms with van der Waals surface area (Å²) >= 11 is 5.64. The van der Waals surface area contributed by atoms with Crippen molar-refractivity contribution in [3.63, 3.8) is 0 Å². The van der Waals surface area contributed by atoms with Crippen LogP contribution in [0.4, 0.5) is 0 Å². The standard InChI is InChI=1S/C13H19ClN2O2/c1-13(2)6-3-7-15-10(13)8-16-12(17)9-4-5-11(14)18-9/h4-5,10,15H,3,6-8H2,1-2H3,(H,16,17). The molecular formula is C13H19ClN2O2. The Kier molecular flexibility index (Phi) is 3.97. The number of halogens is 1. The van der Waals surface area contributed by atoms with E-state index in [0.717, 1.165) is 6.54 Å². The minimum Gasteiger partial charge on any atom is -0.440 e. The molecule has 0 radical (unpaired) electrons. The average Bonchev–Trinajstić information content (AvgIpc) is 2.73. The van der Waals surface area contributed by atoms with E-state index in [1.807, 2.05) is 0 Å². The molecule has 0 saturated carbocycles. The van der Waals surface area contributed by atoms with Crippen LogP contribution < -0.4 is 10.6 Å². The maximum absolute atomic E-state index is 11.8. The first-order chi connectivity index (χ1) is 8.49. The topological polar surface area (TPSA) is 54.3 Å². The molecule has 2 rings (SSSR count). The molecule has 0 aliphatic carbocycles. The summed E-state index contributed by atoms with van der Waals surface area (Å²) in [6.07, 6.45) is 2.36. The van der Waals surface area contributed by atoms with Crippen molar-refractivity contribution >= 4 is 17.5 Å². The van der Waals surface area contributed by atoms with Gasteiger partial charge in [0.25, 0.3) is 5.91 Å². The molecule has 4 nitrogen and oxygen atoms in total. The Balaban J connectivity index is 1.89. The van der Waals surface area contributed by atoms with E-state index in [1.165, 1.54) is 12.8 Å². The molecule has 1 aromatic rings. The Morgan fingerprint density at radius 2 is 2.39 bits per heavy atom. The summed E-state index contributed by atoms with van der Waals surface area (Å²) in [5, 5.41) is 6.57. The van der Waals surface area contributed by atoms with Gasteiger partial charge in [-0.2, -0.15) is 0 Å². The molecule has 1 aliphatic rings. The first-order valence-corrected chi connectivity index (χ1v) is 6.64. The zero-order chi connectivity index (χ0) is 13.2. The number of piperidine rings is 1. The summed E-state index contributed by atoms with van der Waals surface area (Å²) in [7, 11) is 0. The van der Waals surface area contributed by atoms with E-state index in [0.29, 0.717) is 12.6 Å². The highest BCUT2D eigenvalue weighted by atomic mass is 35.5. The normalized spacial score (nSPS) is 22.7. The van der Waals surface area contributed by atoms with E-state index in [-0.39, 0.29) is 22.3 Å². The molecule has 2 N–H and O–H groups in total. The molecule has 1 amide bonds. The summed E-state index contributed by atoms with van der Waals surface area (Å²) < 4.78 is 5.07. The summed E-state index contributed by atoms with van der Waals surface area (Å²) in [4.78, 5) is 11.8. The van der Waals surface area contributed by atoms with E-state index in [1.54, 1.807) is 12.1 Å². The SMILES string of the molecule is CC1(C)CCCNC1CNC(=O)c1ccc(Cl)o1. The summed E-state index contributed by atoms with van der Waals surface area (Å²) in [5.74, 6) is 0.0405. The summed E-state index contributed by atoms with van der Waals surface area (Å²) in [5.41, 5.74) is 0.201. The van der Waals surface area contributed by atoms with Crippen molar-refractivity contribution in [2.75, 3.05) is 13.1 Å². The minimum atomic E-state index is -0.218. The van der Waals surface area contributed by atoms with Gasteiger partial charge >= 0.3 is 0 Å². The lowest BCUT2D eigenvalue weighted by Crippen LogP contribution is -2.52. The Bertz CT molecular complexity index is 428. The Hall–Kier alpha value is -1.00. The fourth-order valence-electron chi connectivity index (χ4n) is 2.34. The summed E-state index contributed by atoms with van der Waals surface area (Å²) in [6, 6.07) is 3.44. The largest absolute Gasteiger partial charge is 0.440 e. The van der Waals surface area contributed by atoms with Gasteiger partial charge in [0.15, 0.2) is 11.0 Å². The van der Waals surface area contributed by atoms with Crippen LogP contribution in [0.15, 0.2) is 16.5 Å². The smallest absolute Gasteiger partial charge is 0.287 e. The zero-order valence-electron chi connectivity index (χ0n) is 10.8. The molecule has 2 heterocycles. The molecule has 5 heteroatoms. The van der Waals surface area contributed by atoms with Crippen LogP contribution in [-0.4, -0.2) is 25.0 Å². The maximum atomic E-state index is 11.8. The molecule has 100 valence electrons. The lowest BCUT2D eigenvalue weighted by Gasteiger charge is -2.39. The molecular weight excluding hydrogens is 252 g/mol. The minimum absolute atomic E-state index is 0.201. The molecule has 1 unspecified atom stereocenters. The van der Waals surface area contributed by atoms with E-state index >= 15 is 0 Å². The van der Waals surface area contributed by atoms with Gasteiger partial charge in [0, 0.05) is 12.6 Å². The van der Waals surface area contributed by atoms with Gasteiger partial charge in [0.05, 0.1) is 0 Å². The molecule has 18 heavy (non-hydrogen) atoms. The van der Waals surface area contributed by atoms with Crippen molar-refractivity contribution in [3.05, 3.63) is 23.1 Å². The van der Waals surface area contributed by atoms with Crippen LogP contribution in [0.1, 0.15) is 37.2 Å². The molecule has 1 aliphatic heterocycles. The highest BCUT2D eigenvalue weighted by Gasteiger charge is 2.32. The van der Waals surface area contributed by atoms with Gasteiger partial charge in [-0.05, 0) is 48.5 Å². The molecule has 1 atom stereocenters. The van der Waals surface area contributed by atoms with Gasteiger partial charge in [-0.15, -0.1) is 0 Å². The zero-order valence-corrected chi connectivity index (χ0v) is 11.5. The number of carbonyl (C=O) groups is 1. The van der Waals surface area contributed by atoms with Crippen LogP contribution in [0.25, 0.3) is 0 Å². The Labute approximate surface area is 112 Å². The number of hydrogen-bond acceptors (Lipinski definition) is 3. The number of hydrogen-bond donors (Lipinski definition) is 2. The molecule has 0 bridgehead atoms. The predicted molar refractivity (Wildman–Crippen MR) is 70.9 cm³/mol. The highest BCUT2D eigenvalue weighted by Crippen LogP contribution is 2.29. The van der Waals surface area contributed by atoms with Crippen molar-refractivity contribution in [2.45, 2.75) is 32.7 Å². The van der Waals surface area contributed by atoms with Crippen LogP contribution in [0.2, 0.25) is 5.22 Å². The van der Waals surface area contributed by atoms with Crippen LogP contribution in [0, 0.1) is 5.41 Å². The quantitative estimate of drug-likeness (QED) is 0.887. The van der Waals surface area contributed by atoms with Gasteiger partial charge in [-0.1, -0.05) is 13.8 Å². The van der Waals surface area contributed by atoms with Gasteiger partial charge in [0.2, 0.25) is 0 Å². The third-order valence-corrected chi connectivity index (χ3v) is 3.80. The van der Waals surface area contributed by atoms with Gasteiger partial charge in [-0.25, -0.2) is 0 Å². The third kappa shape index (κ3) is 3.06. The third-order valence-electron chi connectivity index (χ3n) is 3.60. The molecule has 0 spiro atoms. The maximum Gasteiger partial charge on any atom is 0.287 e. The number of amides is 1. The van der Waals surface area contributed by atoms with E-state index < -0.39 is 0 Å². The molecule has 1 saturated heterocycles. The highest BCUT2D eigenvalue weighted by molar-refractivity contribution is 6.29. The number of nitrogens with one attached hydrogen (secondary N) is 2. The Morgan fingerprint density at radius 3 is 3.00 bits per heavy atom. The monoisotopic (exact) mass is 270 g/mol. The van der Waals surface area contributed by atoms with E-state index in [9.17, 15) is 4.79 Å². The number of carbonyl (C=O) groups excluding carboxylic acids is 1. The van der Waals surface area contributed by atoms with Crippen LogP contribution >= 0.6 is 11.6 Å². The van der Waals surface area contributed by atoms with Crippen molar-refractivity contribution in [1.29, 1.82) is 0 Å². The van der Waals surface area contributed by atoms with E-state index in [2.05, 4.69) is 24.5 Å². The predicted octanol–water partition coefficient (Wildman–Crippen LogP) is 2.44. The van der Waals surface area contributed by atoms with Gasteiger partial charge < -0.3 is 15.1 Å². The fraction of sp³-hybridized carbons (Fsp3) is 0.615. The van der Waals surface area contributed by atoms with Crippen molar-refractivity contribution in [2.24, 2.45) is 5.41 Å². The van der Waals surface area contributed by atoms with Gasteiger partial charge in [0.1, 0.15) is 0 Å². The average molecular weight is 271 g/mol. The first-order valence-electron chi connectivity index (χ1n) is 6.26. The lowest BCUT2D eigenvalue weighted by molar-refractivity contribution is 0.0901. The number of rotatable bonds is 3. The van der Waals surface area contributed by atoms with Crippen molar-refractivity contribution < 1.29 is 9.21 Å². The van der Waals surface area contributed by atoms with Crippen molar-refractivity contribution in [1.82, 2.24) is 10.6 Å². The molecule has 1 fully saturated rings. The van der Waals surface area contributed by atoms with E-state index in [4.69, 9.17) is 16.0 Å². The molecule has 0 aromatic carbocycles. The second-order valence-electron chi connectivity index (χ2n) is 5.41. The lowest BCUT2D eigenvalue weighted by atomic mass is 9.77. The van der Waals surface area contributed by atoms with Gasteiger partial charge in [-0.3, -0.25) is 4.79 Å². The number of furan rings is 1. The second-order valence-corrected chi connectivity index (χ2v) is 5.79. The van der Waals surface area contributed by atoms with Crippen molar-refractivity contribution in [3.8, 4) is 0 Å². The van der Waals surface area contributed by atoms with Crippen LogP contribution in [0.5, 0.6) is 0 Å². The van der Waals surface area contributed by atoms with Crippen LogP contribution in [0.3, 0.4) is 0 Å². The Morgan fingerprint density at radius 1 is 1.61 bits per heavy atom. The second kappa shape index (κ2) is 5.33. The molecule has 1 aromatic heterocycles. The van der Waals surface area contributed by atoms with Crippen LogP contribution in [-0.2, 0) is 0 Å².